The van der Waals surface area contributed by atoms with E-state index in [4.69, 9.17) is 5.73 Å². The number of rotatable bonds is 4. The zero-order chi connectivity index (χ0) is 12.1. The molecule has 0 saturated carbocycles. The minimum atomic E-state index is 0.494. The van der Waals surface area contributed by atoms with Gasteiger partial charge in [-0.3, -0.25) is 4.98 Å². The van der Waals surface area contributed by atoms with Crippen LogP contribution >= 0.6 is 27.7 Å². The van der Waals surface area contributed by atoms with Crippen LogP contribution in [0.4, 0.5) is 0 Å². The Morgan fingerprint density at radius 3 is 2.82 bits per heavy atom. The summed E-state index contributed by atoms with van der Waals surface area (Å²) in [6.07, 6.45) is 1.82. The van der Waals surface area contributed by atoms with E-state index in [0.717, 1.165) is 15.9 Å². The number of thioether (sulfide) groups is 1. The molecule has 0 spiro atoms. The van der Waals surface area contributed by atoms with Crippen LogP contribution in [-0.4, -0.2) is 4.98 Å². The molecule has 0 bridgehead atoms. The van der Waals surface area contributed by atoms with E-state index in [0.29, 0.717) is 6.54 Å². The van der Waals surface area contributed by atoms with Crippen molar-refractivity contribution in [3.63, 3.8) is 0 Å². The molecule has 1 aromatic heterocycles. The predicted octanol–water partition coefficient (Wildman–Crippen LogP) is 3.60. The van der Waals surface area contributed by atoms with E-state index < -0.39 is 0 Å². The van der Waals surface area contributed by atoms with Crippen molar-refractivity contribution in [1.82, 2.24) is 4.98 Å². The first-order valence-electron chi connectivity index (χ1n) is 5.31. The maximum absolute atomic E-state index is 5.57. The number of benzene rings is 1. The number of pyridine rings is 1. The van der Waals surface area contributed by atoms with Crippen LogP contribution in [0.25, 0.3) is 0 Å². The Hall–Kier alpha value is -0.840. The Morgan fingerprint density at radius 1 is 1.24 bits per heavy atom. The molecule has 88 valence electrons. The van der Waals surface area contributed by atoms with Gasteiger partial charge in [0.2, 0.25) is 0 Å². The van der Waals surface area contributed by atoms with Crippen molar-refractivity contribution < 1.29 is 0 Å². The molecular weight excluding hydrogens is 296 g/mol. The zero-order valence-corrected chi connectivity index (χ0v) is 11.7. The van der Waals surface area contributed by atoms with Crippen LogP contribution in [0.15, 0.2) is 52.0 Å². The van der Waals surface area contributed by atoms with E-state index in [1.165, 1.54) is 10.5 Å². The smallest absolute Gasteiger partial charge is 0.0542 e. The second kappa shape index (κ2) is 6.19. The quantitative estimate of drug-likeness (QED) is 0.877. The summed E-state index contributed by atoms with van der Waals surface area (Å²) in [7, 11) is 0. The Bertz CT molecular complexity index is 502. The highest BCUT2D eigenvalue weighted by Crippen LogP contribution is 2.29. The Morgan fingerprint density at radius 2 is 2.06 bits per heavy atom. The molecule has 2 N–H and O–H groups in total. The Labute approximate surface area is 114 Å². The summed E-state index contributed by atoms with van der Waals surface area (Å²) < 4.78 is 1.14. The van der Waals surface area contributed by atoms with Crippen molar-refractivity contribution in [2.75, 3.05) is 0 Å². The molecule has 1 aromatic carbocycles. The van der Waals surface area contributed by atoms with Crippen LogP contribution in [0.3, 0.4) is 0 Å². The van der Waals surface area contributed by atoms with Crippen LogP contribution in [0.2, 0.25) is 0 Å². The van der Waals surface area contributed by atoms with E-state index in [1.807, 2.05) is 24.4 Å². The van der Waals surface area contributed by atoms with Crippen molar-refractivity contribution in [3.05, 3.63) is 58.3 Å². The third kappa shape index (κ3) is 3.56. The van der Waals surface area contributed by atoms with Gasteiger partial charge in [0, 0.05) is 27.9 Å². The van der Waals surface area contributed by atoms with Crippen LogP contribution in [-0.2, 0) is 12.3 Å². The van der Waals surface area contributed by atoms with Gasteiger partial charge in [0.15, 0.2) is 0 Å². The van der Waals surface area contributed by atoms with E-state index in [-0.39, 0.29) is 0 Å². The summed E-state index contributed by atoms with van der Waals surface area (Å²) in [6.45, 7) is 0.494. The van der Waals surface area contributed by atoms with Gasteiger partial charge in [-0.15, -0.1) is 11.8 Å². The topological polar surface area (TPSA) is 38.9 Å². The molecule has 0 saturated heterocycles. The summed E-state index contributed by atoms with van der Waals surface area (Å²) in [6, 6.07) is 12.3. The van der Waals surface area contributed by atoms with Gasteiger partial charge < -0.3 is 5.73 Å². The lowest BCUT2D eigenvalue weighted by molar-refractivity contribution is 0.983. The van der Waals surface area contributed by atoms with Crippen molar-refractivity contribution in [2.45, 2.75) is 17.2 Å². The fraction of sp³-hybridized carbons (Fsp3) is 0.154. The summed E-state index contributed by atoms with van der Waals surface area (Å²) >= 11 is 5.35. The number of nitrogens with zero attached hydrogens (tertiary/aromatic N) is 1. The molecule has 4 heteroatoms. The van der Waals surface area contributed by atoms with Gasteiger partial charge in [-0.1, -0.05) is 12.1 Å². The predicted molar refractivity (Wildman–Crippen MR) is 75.8 cm³/mol. The highest BCUT2D eigenvalue weighted by molar-refractivity contribution is 9.10. The van der Waals surface area contributed by atoms with Crippen LogP contribution in [0.5, 0.6) is 0 Å². The normalized spacial score (nSPS) is 10.5. The summed E-state index contributed by atoms with van der Waals surface area (Å²) in [4.78, 5) is 5.44. The number of hydrogen-bond donors (Lipinski definition) is 1. The first kappa shape index (κ1) is 12.6. The van der Waals surface area contributed by atoms with Crippen molar-refractivity contribution in [1.29, 1.82) is 0 Å². The molecule has 0 fully saturated rings. The summed E-state index contributed by atoms with van der Waals surface area (Å²) in [5.74, 6) is 0.929. The molecule has 0 aliphatic carbocycles. The molecule has 0 aliphatic rings. The first-order valence-corrected chi connectivity index (χ1v) is 7.08. The second-order valence-electron chi connectivity index (χ2n) is 3.58. The number of halogens is 1. The highest BCUT2D eigenvalue weighted by atomic mass is 79.9. The molecule has 17 heavy (non-hydrogen) atoms. The third-order valence-corrected chi connectivity index (χ3v) is 4.42. The summed E-state index contributed by atoms with van der Waals surface area (Å²) in [5.41, 5.74) is 7.76. The van der Waals surface area contributed by atoms with E-state index in [1.54, 1.807) is 11.8 Å². The maximum atomic E-state index is 5.57. The van der Waals surface area contributed by atoms with Gasteiger partial charge in [-0.25, -0.2) is 0 Å². The van der Waals surface area contributed by atoms with E-state index in [2.05, 4.69) is 39.1 Å². The maximum Gasteiger partial charge on any atom is 0.0542 e. The molecule has 2 aromatic rings. The lowest BCUT2D eigenvalue weighted by atomic mass is 10.2. The van der Waals surface area contributed by atoms with Gasteiger partial charge in [0.25, 0.3) is 0 Å². The van der Waals surface area contributed by atoms with Crippen molar-refractivity contribution in [2.24, 2.45) is 5.73 Å². The average molecular weight is 309 g/mol. The van der Waals surface area contributed by atoms with Gasteiger partial charge in [0.1, 0.15) is 0 Å². The molecule has 2 rings (SSSR count). The average Bonchev–Trinajstić information content (AvgIpc) is 2.38. The molecule has 0 radical (unpaired) electrons. The molecular formula is C13H13BrN2S. The number of nitrogens with two attached hydrogens (primary N) is 1. The standard InChI is InChI=1S/C13H13BrN2S/c14-12-3-1-2-4-13(12)17-9-10-5-6-16-11(7-10)8-15/h1-7H,8-9,15H2. The van der Waals surface area contributed by atoms with Gasteiger partial charge >= 0.3 is 0 Å². The van der Waals surface area contributed by atoms with E-state index >= 15 is 0 Å². The first-order chi connectivity index (χ1) is 8.29. The minimum Gasteiger partial charge on any atom is -0.325 e. The van der Waals surface area contributed by atoms with Crippen molar-refractivity contribution >= 4 is 27.7 Å². The lowest BCUT2D eigenvalue weighted by Gasteiger charge is -2.05. The largest absolute Gasteiger partial charge is 0.325 e. The Kier molecular flexibility index (Phi) is 4.59. The fourth-order valence-corrected chi connectivity index (χ4v) is 2.96. The highest BCUT2D eigenvalue weighted by Gasteiger charge is 2.01. The molecule has 0 atom stereocenters. The van der Waals surface area contributed by atoms with Crippen LogP contribution in [0.1, 0.15) is 11.3 Å². The van der Waals surface area contributed by atoms with E-state index in [9.17, 15) is 0 Å². The molecule has 0 amide bonds. The molecule has 2 nitrogen and oxygen atoms in total. The second-order valence-corrected chi connectivity index (χ2v) is 5.45. The summed E-state index contributed by atoms with van der Waals surface area (Å²) in [5, 5.41) is 0. The lowest BCUT2D eigenvalue weighted by Crippen LogP contribution is -1.99. The fourth-order valence-electron chi connectivity index (χ4n) is 1.45. The van der Waals surface area contributed by atoms with Crippen LogP contribution < -0.4 is 5.73 Å². The third-order valence-electron chi connectivity index (χ3n) is 2.32. The number of hydrogen-bond acceptors (Lipinski definition) is 3. The monoisotopic (exact) mass is 308 g/mol. The van der Waals surface area contributed by atoms with Gasteiger partial charge in [-0.2, -0.15) is 0 Å². The van der Waals surface area contributed by atoms with Gasteiger partial charge in [0.05, 0.1) is 5.69 Å². The molecule has 0 unspecified atom stereocenters. The SMILES string of the molecule is NCc1cc(CSc2ccccc2Br)ccn1. The van der Waals surface area contributed by atoms with Crippen LogP contribution in [0, 0.1) is 0 Å². The molecule has 0 aliphatic heterocycles. The van der Waals surface area contributed by atoms with Crippen molar-refractivity contribution in [3.8, 4) is 0 Å². The number of aromatic nitrogens is 1. The molecule has 1 heterocycles. The Balaban J connectivity index is 2.05. The minimum absolute atomic E-state index is 0.494. The zero-order valence-electron chi connectivity index (χ0n) is 9.27. The van der Waals surface area contributed by atoms with Gasteiger partial charge in [-0.05, 0) is 45.8 Å².